The lowest BCUT2D eigenvalue weighted by Gasteiger charge is -2.17. The van der Waals surface area contributed by atoms with Gasteiger partial charge in [-0.15, -0.1) is 0 Å². The maximum absolute atomic E-state index is 12.5. The third-order valence-corrected chi connectivity index (χ3v) is 6.67. The zero-order valence-corrected chi connectivity index (χ0v) is 17.6. The Kier molecular flexibility index (Phi) is 7.89. The smallest absolute Gasteiger partial charge is 0.255 e. The third kappa shape index (κ3) is 5.82. The van der Waals surface area contributed by atoms with Crippen molar-refractivity contribution >= 4 is 33.4 Å². The minimum absolute atomic E-state index is 0.221. The van der Waals surface area contributed by atoms with E-state index in [2.05, 4.69) is 5.32 Å². The highest BCUT2D eigenvalue weighted by Gasteiger charge is 2.20. The lowest BCUT2D eigenvalue weighted by atomic mass is 10.1. The highest BCUT2D eigenvalue weighted by Crippen LogP contribution is 2.19. The number of benzene rings is 2. The van der Waals surface area contributed by atoms with Crippen molar-refractivity contribution in [3.8, 4) is 0 Å². The molecule has 0 radical (unpaired) electrons. The molecule has 1 amide bonds. The van der Waals surface area contributed by atoms with E-state index >= 15 is 0 Å². The van der Waals surface area contributed by atoms with E-state index in [0.29, 0.717) is 17.8 Å². The number of nitrogens with one attached hydrogen (secondary N) is 1. The van der Waals surface area contributed by atoms with Crippen molar-refractivity contribution < 1.29 is 13.2 Å². The van der Waals surface area contributed by atoms with E-state index in [0.717, 1.165) is 18.6 Å². The van der Waals surface area contributed by atoms with E-state index in [4.69, 9.17) is 0 Å². The van der Waals surface area contributed by atoms with E-state index in [1.54, 1.807) is 43.1 Å². The van der Waals surface area contributed by atoms with Crippen molar-refractivity contribution in [3.05, 3.63) is 59.7 Å². The summed E-state index contributed by atoms with van der Waals surface area (Å²) < 4.78 is 26.4. The molecule has 27 heavy (non-hydrogen) atoms. The lowest BCUT2D eigenvalue weighted by molar-refractivity contribution is 0.102. The number of carbonyl (C=O) groups is 1. The van der Waals surface area contributed by atoms with Crippen LogP contribution in [0.1, 0.15) is 35.7 Å². The van der Waals surface area contributed by atoms with Crippen molar-refractivity contribution in [2.24, 2.45) is 0 Å². The van der Waals surface area contributed by atoms with Crippen molar-refractivity contribution in [1.29, 1.82) is 0 Å². The van der Waals surface area contributed by atoms with Crippen molar-refractivity contribution in [2.75, 3.05) is 25.2 Å². The van der Waals surface area contributed by atoms with Gasteiger partial charge < -0.3 is 5.32 Å². The maximum Gasteiger partial charge on any atom is 0.255 e. The molecule has 0 heterocycles. The highest BCUT2D eigenvalue weighted by atomic mass is 32.2. The molecule has 5 nitrogen and oxygen atoms in total. The Balaban J connectivity index is 2.05. The summed E-state index contributed by atoms with van der Waals surface area (Å²) in [6.07, 6.45) is 3.79. The summed E-state index contributed by atoms with van der Waals surface area (Å²) in [5.41, 5.74) is 2.29. The molecule has 0 fully saturated rings. The highest BCUT2D eigenvalue weighted by molar-refractivity contribution is 7.97. The molecule has 2 rings (SSSR count). The molecule has 7 heteroatoms. The molecule has 0 aliphatic carbocycles. The van der Waals surface area contributed by atoms with Crippen LogP contribution in [-0.2, 0) is 15.8 Å². The van der Waals surface area contributed by atoms with Crippen LogP contribution in [0.25, 0.3) is 0 Å². The van der Waals surface area contributed by atoms with E-state index < -0.39 is 10.0 Å². The topological polar surface area (TPSA) is 66.5 Å². The zero-order valence-electron chi connectivity index (χ0n) is 15.9. The summed E-state index contributed by atoms with van der Waals surface area (Å²) in [7, 11) is -1.92. The van der Waals surface area contributed by atoms with Gasteiger partial charge in [-0.25, -0.2) is 12.7 Å². The van der Waals surface area contributed by atoms with E-state index in [-0.39, 0.29) is 10.8 Å². The van der Waals surface area contributed by atoms with Crippen LogP contribution in [-0.4, -0.2) is 38.5 Å². The van der Waals surface area contributed by atoms with Gasteiger partial charge in [-0.05, 0) is 54.6 Å². The Morgan fingerprint density at radius 3 is 2.26 bits per heavy atom. The molecule has 0 spiro atoms. The minimum Gasteiger partial charge on any atom is -0.322 e. The van der Waals surface area contributed by atoms with Crippen LogP contribution in [0, 0.1) is 0 Å². The van der Waals surface area contributed by atoms with Gasteiger partial charge in [0.15, 0.2) is 0 Å². The van der Waals surface area contributed by atoms with Crippen molar-refractivity contribution in [1.82, 2.24) is 4.31 Å². The molecule has 0 aromatic heterocycles. The van der Waals surface area contributed by atoms with Gasteiger partial charge in [0, 0.05) is 30.6 Å². The Hall–Kier alpha value is -1.83. The predicted molar refractivity (Wildman–Crippen MR) is 113 cm³/mol. The molecular formula is C20H26N2O3S2. The van der Waals surface area contributed by atoms with Crippen molar-refractivity contribution in [2.45, 2.75) is 30.4 Å². The molecule has 0 aliphatic heterocycles. The normalized spacial score (nSPS) is 11.6. The van der Waals surface area contributed by atoms with Gasteiger partial charge in [0.25, 0.3) is 5.91 Å². The van der Waals surface area contributed by atoms with Gasteiger partial charge in [0.2, 0.25) is 10.0 Å². The molecule has 0 unspecified atom stereocenters. The number of thioether (sulfide) groups is 1. The van der Waals surface area contributed by atoms with E-state index in [1.165, 1.54) is 22.0 Å². The summed E-state index contributed by atoms with van der Waals surface area (Å²) in [6.45, 7) is 2.51. The average Bonchev–Trinajstić information content (AvgIpc) is 2.67. The number of nitrogens with zero attached hydrogens (tertiary/aromatic N) is 1. The average molecular weight is 407 g/mol. The maximum atomic E-state index is 12.5. The number of sulfonamides is 1. The molecular weight excluding hydrogens is 380 g/mol. The molecule has 0 aliphatic rings. The summed E-state index contributed by atoms with van der Waals surface area (Å²) >= 11 is 1.73. The Morgan fingerprint density at radius 2 is 1.70 bits per heavy atom. The van der Waals surface area contributed by atoms with Gasteiger partial charge >= 0.3 is 0 Å². The number of amides is 1. The predicted octanol–water partition coefficient (Wildman–Crippen LogP) is 4.22. The van der Waals surface area contributed by atoms with Crippen LogP contribution in [0.3, 0.4) is 0 Å². The Morgan fingerprint density at radius 1 is 1.07 bits per heavy atom. The molecule has 2 aromatic carbocycles. The first-order valence-corrected chi connectivity index (χ1v) is 11.7. The third-order valence-electron chi connectivity index (χ3n) is 4.17. The first-order valence-electron chi connectivity index (χ1n) is 8.84. The van der Waals surface area contributed by atoms with Crippen LogP contribution in [0.5, 0.6) is 0 Å². The minimum atomic E-state index is -3.50. The number of hydrogen-bond acceptors (Lipinski definition) is 4. The number of anilines is 1. The van der Waals surface area contributed by atoms with Crippen LogP contribution in [0.4, 0.5) is 5.69 Å². The second-order valence-corrected chi connectivity index (χ2v) is 9.20. The standard InChI is InChI=1S/C20H26N2O3S2/c1-4-5-14-22(2)27(24,25)19-12-10-18(11-13-19)21-20(23)17-8-6-16(7-9-17)15-26-3/h6-13H,4-5,14-15H2,1-3H3,(H,21,23). The van der Waals surface area contributed by atoms with Crippen LogP contribution in [0.15, 0.2) is 53.4 Å². The quantitative estimate of drug-likeness (QED) is 0.677. The summed E-state index contributed by atoms with van der Waals surface area (Å²) in [5.74, 6) is 0.686. The largest absolute Gasteiger partial charge is 0.322 e. The summed E-state index contributed by atoms with van der Waals surface area (Å²) in [6, 6.07) is 13.7. The molecule has 0 saturated carbocycles. The number of unbranched alkanes of at least 4 members (excludes halogenated alkanes) is 1. The molecule has 2 aromatic rings. The SMILES string of the molecule is CCCCN(C)S(=O)(=O)c1ccc(NC(=O)c2ccc(CSC)cc2)cc1. The van der Waals surface area contributed by atoms with Gasteiger partial charge in [0.05, 0.1) is 4.90 Å². The van der Waals surface area contributed by atoms with E-state index in [9.17, 15) is 13.2 Å². The monoisotopic (exact) mass is 406 g/mol. The zero-order chi connectivity index (χ0) is 19.9. The van der Waals surface area contributed by atoms with Crippen LogP contribution < -0.4 is 5.32 Å². The molecule has 146 valence electrons. The van der Waals surface area contributed by atoms with E-state index in [1.807, 2.05) is 25.3 Å². The molecule has 0 saturated heterocycles. The first kappa shape index (κ1) is 21.5. The molecule has 0 atom stereocenters. The number of carbonyl (C=O) groups excluding carboxylic acids is 1. The Labute approximate surface area is 166 Å². The summed E-state index contributed by atoms with van der Waals surface area (Å²) in [4.78, 5) is 12.6. The van der Waals surface area contributed by atoms with Gasteiger partial charge in [-0.3, -0.25) is 4.79 Å². The van der Waals surface area contributed by atoms with Gasteiger partial charge in [-0.1, -0.05) is 25.5 Å². The fraction of sp³-hybridized carbons (Fsp3) is 0.350. The lowest BCUT2D eigenvalue weighted by Crippen LogP contribution is -2.27. The van der Waals surface area contributed by atoms with Gasteiger partial charge in [-0.2, -0.15) is 11.8 Å². The number of hydrogen-bond donors (Lipinski definition) is 1. The molecule has 1 N–H and O–H groups in total. The fourth-order valence-corrected chi connectivity index (χ4v) is 4.25. The van der Waals surface area contributed by atoms with Crippen molar-refractivity contribution in [3.63, 3.8) is 0 Å². The fourth-order valence-electron chi connectivity index (χ4n) is 2.51. The first-order chi connectivity index (χ1) is 12.9. The number of rotatable bonds is 9. The van der Waals surface area contributed by atoms with Crippen LogP contribution >= 0.6 is 11.8 Å². The van der Waals surface area contributed by atoms with Crippen LogP contribution in [0.2, 0.25) is 0 Å². The second-order valence-electron chi connectivity index (χ2n) is 6.29. The summed E-state index contributed by atoms with van der Waals surface area (Å²) in [5, 5.41) is 2.80. The Bertz CT molecular complexity index is 848. The van der Waals surface area contributed by atoms with Gasteiger partial charge in [0.1, 0.15) is 0 Å². The second kappa shape index (κ2) is 9.92. The molecule has 0 bridgehead atoms.